The number of unbranched alkanes of at least 4 members (excludes halogenated alkanes) is 1. The molecule has 0 aliphatic heterocycles. The van der Waals surface area contributed by atoms with E-state index in [1.54, 1.807) is 10.8 Å². The van der Waals surface area contributed by atoms with Crippen LogP contribution >= 0.6 is 54.5 Å². The van der Waals surface area contributed by atoms with Crippen molar-refractivity contribution in [3.05, 3.63) is 29.5 Å². The summed E-state index contributed by atoms with van der Waals surface area (Å²) in [5.74, 6) is -1.37. The largest absolute Gasteiger partial charge is 0.491 e. The van der Waals surface area contributed by atoms with Crippen LogP contribution in [-0.4, -0.2) is 35.4 Å². The van der Waals surface area contributed by atoms with Crippen LogP contribution in [0.15, 0.2) is 19.7 Å². The van der Waals surface area contributed by atoms with Gasteiger partial charge in [-0.15, -0.1) is 22.7 Å². The molecule has 130 valence electrons. The number of carbonyl (C=O) groups is 2. The fraction of sp³-hybridized carbons (Fsp3) is 0.286. The molecule has 2 aromatic rings. The van der Waals surface area contributed by atoms with E-state index in [4.69, 9.17) is 19.7 Å². The highest BCUT2D eigenvalue weighted by molar-refractivity contribution is 9.11. The van der Waals surface area contributed by atoms with Crippen LogP contribution in [0.3, 0.4) is 0 Å². The van der Waals surface area contributed by atoms with Crippen molar-refractivity contribution in [2.75, 3.05) is 13.2 Å². The van der Waals surface area contributed by atoms with Gasteiger partial charge in [-0.05, 0) is 44.7 Å². The summed E-state index contributed by atoms with van der Waals surface area (Å²) in [6, 6.07) is 0. The van der Waals surface area contributed by atoms with E-state index in [-0.39, 0.29) is 9.75 Å². The first kappa shape index (κ1) is 19.2. The Morgan fingerprint density at radius 3 is 1.58 bits per heavy atom. The van der Waals surface area contributed by atoms with Crippen molar-refractivity contribution < 1.29 is 29.3 Å². The van der Waals surface area contributed by atoms with E-state index in [1.165, 1.54) is 0 Å². The summed E-state index contributed by atoms with van der Waals surface area (Å²) in [5, 5.41) is 21.5. The van der Waals surface area contributed by atoms with Crippen LogP contribution in [-0.2, 0) is 0 Å². The third kappa shape index (κ3) is 4.71. The van der Waals surface area contributed by atoms with Gasteiger partial charge in [0.1, 0.15) is 0 Å². The quantitative estimate of drug-likeness (QED) is 0.473. The van der Waals surface area contributed by atoms with Gasteiger partial charge in [0.2, 0.25) is 0 Å². The van der Waals surface area contributed by atoms with Crippen molar-refractivity contribution in [2.45, 2.75) is 12.8 Å². The number of thiophene rings is 2. The lowest BCUT2D eigenvalue weighted by molar-refractivity contribution is 0.0685. The maximum absolute atomic E-state index is 11.1. The molecule has 0 aliphatic rings. The molecule has 0 spiro atoms. The molecule has 0 aromatic carbocycles. The van der Waals surface area contributed by atoms with E-state index in [0.717, 1.165) is 22.7 Å². The molecule has 0 unspecified atom stereocenters. The van der Waals surface area contributed by atoms with Crippen molar-refractivity contribution in [3.63, 3.8) is 0 Å². The fourth-order valence-electron chi connectivity index (χ4n) is 1.77. The van der Waals surface area contributed by atoms with E-state index in [0.29, 0.717) is 46.5 Å². The number of halogens is 2. The van der Waals surface area contributed by atoms with E-state index < -0.39 is 11.9 Å². The Hall–Kier alpha value is -1.10. The molecular formula is C14H12Br2O6S2. The smallest absolute Gasteiger partial charge is 0.349 e. The summed E-state index contributed by atoms with van der Waals surface area (Å²) in [7, 11) is 0. The first-order valence-electron chi connectivity index (χ1n) is 6.68. The second kappa shape index (κ2) is 8.84. The van der Waals surface area contributed by atoms with E-state index in [9.17, 15) is 9.59 Å². The Bertz CT molecular complexity index is 677. The molecule has 0 atom stereocenters. The second-order valence-electron chi connectivity index (χ2n) is 4.50. The van der Waals surface area contributed by atoms with Gasteiger partial charge in [-0.2, -0.15) is 0 Å². The minimum atomic E-state index is -1.02. The lowest BCUT2D eigenvalue weighted by atomic mass is 10.3. The average Bonchev–Trinajstić information content (AvgIpc) is 3.06. The van der Waals surface area contributed by atoms with Gasteiger partial charge in [0, 0.05) is 10.8 Å². The van der Waals surface area contributed by atoms with Crippen molar-refractivity contribution in [2.24, 2.45) is 0 Å². The van der Waals surface area contributed by atoms with E-state index in [1.807, 2.05) is 0 Å². The molecule has 0 saturated heterocycles. The van der Waals surface area contributed by atoms with Gasteiger partial charge in [-0.1, -0.05) is 0 Å². The monoisotopic (exact) mass is 498 g/mol. The molecule has 0 radical (unpaired) electrons. The highest BCUT2D eigenvalue weighted by Gasteiger charge is 2.18. The first-order valence-corrected chi connectivity index (χ1v) is 10.0. The molecule has 24 heavy (non-hydrogen) atoms. The molecule has 2 N–H and O–H groups in total. The Balaban J connectivity index is 1.77. The predicted octanol–water partition coefficient (Wildman–Crippen LogP) is 4.97. The van der Waals surface area contributed by atoms with Crippen LogP contribution in [0.1, 0.15) is 32.2 Å². The average molecular weight is 500 g/mol. The minimum Gasteiger partial charge on any atom is -0.491 e. The standard InChI is InChI=1S/C14H12Br2O6S2/c15-7-5-23-11(13(17)18)9(7)21-3-1-2-4-22-10-8(16)6-24-12(10)14(19)20/h5-6H,1-4H2,(H,17,18)(H,19,20). The van der Waals surface area contributed by atoms with Crippen molar-refractivity contribution in [3.8, 4) is 11.5 Å². The zero-order chi connectivity index (χ0) is 17.7. The van der Waals surface area contributed by atoms with Crippen LogP contribution < -0.4 is 9.47 Å². The second-order valence-corrected chi connectivity index (χ2v) is 7.97. The number of carboxylic acids is 2. The van der Waals surface area contributed by atoms with Gasteiger partial charge >= 0.3 is 11.9 Å². The molecule has 0 amide bonds. The highest BCUT2D eigenvalue weighted by Crippen LogP contribution is 2.36. The molecule has 0 aliphatic carbocycles. The Morgan fingerprint density at radius 1 is 0.875 bits per heavy atom. The normalized spacial score (nSPS) is 10.6. The predicted molar refractivity (Wildman–Crippen MR) is 98.2 cm³/mol. The number of hydrogen-bond donors (Lipinski definition) is 2. The highest BCUT2D eigenvalue weighted by atomic mass is 79.9. The molecule has 6 nitrogen and oxygen atoms in total. The maximum Gasteiger partial charge on any atom is 0.349 e. The van der Waals surface area contributed by atoms with Gasteiger partial charge < -0.3 is 19.7 Å². The molecule has 2 heterocycles. The van der Waals surface area contributed by atoms with E-state index >= 15 is 0 Å². The first-order chi connectivity index (χ1) is 11.4. The van der Waals surface area contributed by atoms with Crippen LogP contribution in [0, 0.1) is 0 Å². The third-order valence-corrected chi connectivity index (χ3v) is 6.51. The van der Waals surface area contributed by atoms with Crippen molar-refractivity contribution in [1.82, 2.24) is 0 Å². The minimum absolute atomic E-state index is 0.159. The van der Waals surface area contributed by atoms with Crippen molar-refractivity contribution >= 4 is 66.5 Å². The Morgan fingerprint density at radius 2 is 1.25 bits per heavy atom. The summed E-state index contributed by atoms with van der Waals surface area (Å²) < 4.78 is 12.3. The lowest BCUT2D eigenvalue weighted by Crippen LogP contribution is -2.06. The summed E-state index contributed by atoms with van der Waals surface area (Å²) in [6.45, 7) is 0.686. The summed E-state index contributed by atoms with van der Waals surface area (Å²) in [5.41, 5.74) is 0. The van der Waals surface area contributed by atoms with Gasteiger partial charge in [0.15, 0.2) is 21.3 Å². The topological polar surface area (TPSA) is 93.1 Å². The molecule has 10 heteroatoms. The molecule has 0 bridgehead atoms. The van der Waals surface area contributed by atoms with Crippen molar-refractivity contribution in [1.29, 1.82) is 0 Å². The lowest BCUT2D eigenvalue weighted by Gasteiger charge is -2.08. The fourth-order valence-corrected chi connectivity index (χ4v) is 4.63. The van der Waals surface area contributed by atoms with E-state index in [2.05, 4.69) is 31.9 Å². The number of carboxylic acid groups (broad SMARTS) is 2. The SMILES string of the molecule is O=C(O)c1scc(Br)c1OCCCCOc1c(Br)csc1C(=O)O. The zero-order valence-corrected chi connectivity index (χ0v) is 16.9. The summed E-state index contributed by atoms with van der Waals surface area (Å²) in [6.07, 6.45) is 1.29. The van der Waals surface area contributed by atoms with Gasteiger partial charge in [-0.25, -0.2) is 9.59 Å². The van der Waals surface area contributed by atoms with Crippen LogP contribution in [0.5, 0.6) is 11.5 Å². The number of hydrogen-bond acceptors (Lipinski definition) is 6. The van der Waals surface area contributed by atoms with Crippen LogP contribution in [0.25, 0.3) is 0 Å². The van der Waals surface area contributed by atoms with Crippen LogP contribution in [0.2, 0.25) is 0 Å². The summed E-state index contributed by atoms with van der Waals surface area (Å²) in [4.78, 5) is 22.4. The maximum atomic E-state index is 11.1. The molecular weight excluding hydrogens is 488 g/mol. The van der Waals surface area contributed by atoms with Gasteiger partial charge in [0.25, 0.3) is 0 Å². The Kier molecular flexibility index (Phi) is 7.08. The molecule has 2 aromatic heterocycles. The number of aromatic carboxylic acids is 2. The molecule has 0 fully saturated rings. The van der Waals surface area contributed by atoms with Crippen LogP contribution in [0.4, 0.5) is 0 Å². The molecule has 0 saturated carbocycles. The van der Waals surface area contributed by atoms with Gasteiger partial charge in [0.05, 0.1) is 22.2 Å². The number of rotatable bonds is 9. The summed E-state index contributed by atoms with van der Waals surface area (Å²) >= 11 is 8.73. The third-order valence-electron chi connectivity index (χ3n) is 2.83. The zero-order valence-electron chi connectivity index (χ0n) is 12.1. The Labute approximate surface area is 162 Å². The number of ether oxygens (including phenoxy) is 2. The molecule has 2 rings (SSSR count). The van der Waals surface area contributed by atoms with Gasteiger partial charge in [-0.3, -0.25) is 0 Å².